The maximum absolute atomic E-state index is 13.2. The number of likely N-dealkylation sites (N-methyl/N-ethyl adjacent to an activating group) is 1. The normalized spacial score (nSPS) is 15.7. The first-order chi connectivity index (χ1) is 16.7. The van der Waals surface area contributed by atoms with Gasteiger partial charge in [-0.1, -0.05) is 0 Å². The van der Waals surface area contributed by atoms with Gasteiger partial charge in [-0.15, -0.1) is 0 Å². The Morgan fingerprint density at radius 1 is 1.31 bits per heavy atom. The molecule has 1 unspecified atom stereocenters. The first-order valence-electron chi connectivity index (χ1n) is 11.2. The third-order valence-corrected chi connectivity index (χ3v) is 6.29. The Kier molecular flexibility index (Phi) is 6.88. The van der Waals surface area contributed by atoms with Gasteiger partial charge in [0.2, 0.25) is 17.5 Å². The number of nitrogens with one attached hydrogen (secondary N) is 3. The number of hydrogen-bond acceptors (Lipinski definition) is 6. The van der Waals surface area contributed by atoms with E-state index in [0.717, 1.165) is 25.1 Å². The summed E-state index contributed by atoms with van der Waals surface area (Å²) in [6.07, 6.45) is 0.739. The fourth-order valence-corrected chi connectivity index (χ4v) is 4.31. The maximum Gasteiger partial charge on any atom is 0.417 e. The highest BCUT2D eigenvalue weighted by molar-refractivity contribution is 5.96. The molecule has 3 aromatic rings. The molecule has 12 heteroatoms. The largest absolute Gasteiger partial charge is 0.417 e. The Morgan fingerprint density at radius 3 is 2.71 bits per heavy atom. The summed E-state index contributed by atoms with van der Waals surface area (Å²) in [6, 6.07) is 0.993. The third-order valence-electron chi connectivity index (χ3n) is 6.29. The van der Waals surface area contributed by atoms with Gasteiger partial charge in [-0.2, -0.15) is 13.2 Å². The molecule has 0 aliphatic carbocycles. The molecule has 0 aromatic carbocycles. The van der Waals surface area contributed by atoms with E-state index in [2.05, 4.69) is 35.4 Å². The summed E-state index contributed by atoms with van der Waals surface area (Å²) < 4.78 is 39.7. The molecule has 1 aliphatic heterocycles. The topological polar surface area (TPSA) is 103 Å². The van der Waals surface area contributed by atoms with Crippen molar-refractivity contribution in [2.24, 2.45) is 5.92 Å². The SMILES string of the molecule is [C-]#[N+]c1cnc(NC(C)C2CCN(C(=O)CNC)CC2)nc1-c1c[nH]c2ncc(C(F)(F)F)cc12. The summed E-state index contributed by atoms with van der Waals surface area (Å²) in [5, 5.41) is 6.37. The van der Waals surface area contributed by atoms with Gasteiger partial charge in [0.05, 0.1) is 24.4 Å². The van der Waals surface area contributed by atoms with E-state index in [-0.39, 0.29) is 46.2 Å². The Balaban J connectivity index is 1.55. The average molecular weight is 487 g/mol. The van der Waals surface area contributed by atoms with E-state index in [9.17, 15) is 18.0 Å². The number of aromatic nitrogens is 4. The molecule has 1 amide bonds. The summed E-state index contributed by atoms with van der Waals surface area (Å²) >= 11 is 0. The van der Waals surface area contributed by atoms with Crippen molar-refractivity contribution in [1.82, 2.24) is 30.2 Å². The number of alkyl halides is 3. The summed E-state index contributed by atoms with van der Waals surface area (Å²) in [5.74, 6) is 0.645. The number of aromatic amines is 1. The molecule has 4 heterocycles. The Morgan fingerprint density at radius 2 is 2.06 bits per heavy atom. The van der Waals surface area contributed by atoms with Gasteiger partial charge in [-0.05, 0) is 38.8 Å². The van der Waals surface area contributed by atoms with Crippen LogP contribution in [0.2, 0.25) is 0 Å². The molecule has 184 valence electrons. The molecule has 3 N–H and O–H groups in total. The van der Waals surface area contributed by atoms with Crippen LogP contribution in [0.3, 0.4) is 0 Å². The molecule has 0 saturated carbocycles. The molecule has 9 nitrogen and oxygen atoms in total. The number of nitrogens with zero attached hydrogens (tertiary/aromatic N) is 5. The number of likely N-dealkylation sites (tertiary alicyclic amines) is 1. The molecule has 0 radical (unpaired) electrons. The number of halogens is 3. The number of anilines is 1. The highest BCUT2D eigenvalue weighted by Crippen LogP contribution is 2.37. The van der Waals surface area contributed by atoms with Gasteiger partial charge in [0.1, 0.15) is 5.65 Å². The molecular weight excluding hydrogens is 461 g/mol. The zero-order chi connectivity index (χ0) is 25.2. The zero-order valence-corrected chi connectivity index (χ0v) is 19.3. The first kappa shape index (κ1) is 24.4. The van der Waals surface area contributed by atoms with Gasteiger partial charge in [0, 0.05) is 48.7 Å². The molecular formula is C23H25F3N8O. The van der Waals surface area contributed by atoms with Crippen molar-refractivity contribution in [3.8, 4) is 11.3 Å². The van der Waals surface area contributed by atoms with E-state index >= 15 is 0 Å². The van der Waals surface area contributed by atoms with Gasteiger partial charge in [0.25, 0.3) is 0 Å². The Hall–Kier alpha value is -3.72. The van der Waals surface area contributed by atoms with Crippen LogP contribution in [0.4, 0.5) is 24.8 Å². The predicted octanol–water partition coefficient (Wildman–Crippen LogP) is 3.85. The fraction of sp³-hybridized carbons (Fsp3) is 0.435. The molecule has 4 rings (SSSR count). The van der Waals surface area contributed by atoms with E-state index in [1.807, 2.05) is 11.8 Å². The lowest BCUT2D eigenvalue weighted by Gasteiger charge is -2.35. The number of hydrogen-bond donors (Lipinski definition) is 3. The molecule has 1 fully saturated rings. The van der Waals surface area contributed by atoms with Crippen LogP contribution in [0.5, 0.6) is 0 Å². The van der Waals surface area contributed by atoms with Crippen LogP contribution in [0.15, 0.2) is 24.7 Å². The van der Waals surface area contributed by atoms with Crippen LogP contribution in [0.1, 0.15) is 25.3 Å². The molecule has 1 atom stereocenters. The van der Waals surface area contributed by atoms with Crippen molar-refractivity contribution >= 4 is 28.6 Å². The van der Waals surface area contributed by atoms with Gasteiger partial charge >= 0.3 is 6.18 Å². The second-order valence-electron chi connectivity index (χ2n) is 8.54. The summed E-state index contributed by atoms with van der Waals surface area (Å²) in [4.78, 5) is 32.8. The predicted molar refractivity (Wildman–Crippen MR) is 125 cm³/mol. The van der Waals surface area contributed by atoms with Crippen molar-refractivity contribution in [3.05, 3.63) is 41.6 Å². The molecule has 0 spiro atoms. The second-order valence-corrected chi connectivity index (χ2v) is 8.54. The number of carbonyl (C=O) groups excluding carboxylic acids is 1. The first-order valence-corrected chi connectivity index (χ1v) is 11.2. The number of H-pyrrole nitrogens is 1. The van der Waals surface area contributed by atoms with Crippen LogP contribution in [-0.2, 0) is 11.0 Å². The van der Waals surface area contributed by atoms with E-state index in [1.165, 1.54) is 12.4 Å². The minimum absolute atomic E-state index is 0.00957. The van der Waals surface area contributed by atoms with Crippen LogP contribution in [0, 0.1) is 12.5 Å². The summed E-state index contributed by atoms with van der Waals surface area (Å²) in [7, 11) is 1.74. The standard InChI is InChI=1S/C23H25F3N8O/c1-13(14-4-6-34(7-5-14)19(35)12-27-2)32-22-31-11-18(28-3)20(33-22)17-10-30-21-16(17)8-15(9-29-21)23(24,25)26/h8-11,13-14,27H,4-7,12H2,1-2H3,(H,29,30)(H,31,32,33). The summed E-state index contributed by atoms with van der Waals surface area (Å²) in [5.41, 5.74) is 0.0854. The molecule has 1 aliphatic rings. The lowest BCUT2D eigenvalue weighted by atomic mass is 9.90. The molecule has 0 bridgehead atoms. The van der Waals surface area contributed by atoms with Crippen molar-refractivity contribution < 1.29 is 18.0 Å². The van der Waals surface area contributed by atoms with E-state index in [0.29, 0.717) is 25.2 Å². The highest BCUT2D eigenvalue weighted by atomic mass is 19.4. The minimum Gasteiger partial charge on any atom is -0.352 e. The zero-order valence-electron chi connectivity index (χ0n) is 19.3. The number of rotatable bonds is 6. The fourth-order valence-electron chi connectivity index (χ4n) is 4.31. The van der Waals surface area contributed by atoms with Crippen LogP contribution < -0.4 is 10.6 Å². The van der Waals surface area contributed by atoms with Crippen molar-refractivity contribution in [2.75, 3.05) is 32.0 Å². The van der Waals surface area contributed by atoms with Gasteiger partial charge in [0.15, 0.2) is 0 Å². The van der Waals surface area contributed by atoms with Crippen LogP contribution in [0.25, 0.3) is 27.1 Å². The maximum atomic E-state index is 13.2. The summed E-state index contributed by atoms with van der Waals surface area (Å²) in [6.45, 7) is 11.1. The van der Waals surface area contributed by atoms with Crippen LogP contribution in [-0.4, -0.2) is 63.5 Å². The lowest BCUT2D eigenvalue weighted by Crippen LogP contribution is -2.44. The number of amides is 1. The Bertz CT molecular complexity index is 1260. The number of fused-ring (bicyclic) bond motifs is 1. The molecule has 3 aromatic heterocycles. The van der Waals surface area contributed by atoms with E-state index in [1.54, 1.807) is 7.05 Å². The highest BCUT2D eigenvalue weighted by Gasteiger charge is 2.32. The van der Waals surface area contributed by atoms with Gasteiger partial charge in [-0.3, -0.25) is 4.79 Å². The number of pyridine rings is 1. The Labute approximate surface area is 200 Å². The third kappa shape index (κ3) is 5.19. The van der Waals surface area contributed by atoms with Gasteiger partial charge < -0.3 is 20.5 Å². The minimum atomic E-state index is -4.54. The van der Waals surface area contributed by atoms with Crippen molar-refractivity contribution in [1.29, 1.82) is 0 Å². The number of carbonyl (C=O) groups is 1. The van der Waals surface area contributed by atoms with Crippen LogP contribution >= 0.6 is 0 Å². The van der Waals surface area contributed by atoms with Crippen molar-refractivity contribution in [3.63, 3.8) is 0 Å². The van der Waals surface area contributed by atoms with Gasteiger partial charge in [-0.25, -0.2) is 19.8 Å². The van der Waals surface area contributed by atoms with E-state index in [4.69, 9.17) is 6.57 Å². The smallest absolute Gasteiger partial charge is 0.352 e. The molecule has 1 saturated heterocycles. The monoisotopic (exact) mass is 486 g/mol. The van der Waals surface area contributed by atoms with Crippen molar-refractivity contribution in [2.45, 2.75) is 32.0 Å². The number of piperidine rings is 1. The quantitative estimate of drug-likeness (QED) is 0.458. The lowest BCUT2D eigenvalue weighted by molar-refractivity contribution is -0.137. The second kappa shape index (κ2) is 9.87. The average Bonchev–Trinajstić information content (AvgIpc) is 3.27. The molecule has 35 heavy (non-hydrogen) atoms. The van der Waals surface area contributed by atoms with E-state index < -0.39 is 11.7 Å².